The second-order valence-electron chi connectivity index (χ2n) is 6.38. The Hall–Kier alpha value is -3.00. The number of rotatable bonds is 10. The van der Waals surface area contributed by atoms with Crippen molar-refractivity contribution in [1.29, 1.82) is 0 Å². The third-order valence-corrected chi connectivity index (χ3v) is 4.02. The highest BCUT2D eigenvalue weighted by Crippen LogP contribution is 2.40. The number of amides is 1. The average molecular weight is 388 g/mol. The van der Waals surface area contributed by atoms with E-state index in [1.54, 1.807) is 51.8 Å². The number of pyridine rings is 1. The van der Waals surface area contributed by atoms with Crippen molar-refractivity contribution < 1.29 is 19.0 Å². The Bertz CT molecular complexity index is 753. The Labute approximate surface area is 165 Å². The summed E-state index contributed by atoms with van der Waals surface area (Å²) in [6, 6.07) is 7.08. The zero-order valence-electron chi connectivity index (χ0n) is 17.0. The molecule has 0 spiro atoms. The Balaban J connectivity index is 2.03. The van der Waals surface area contributed by atoms with Crippen molar-refractivity contribution in [3.8, 4) is 17.2 Å². The molecule has 0 saturated heterocycles. The van der Waals surface area contributed by atoms with E-state index in [9.17, 15) is 4.79 Å². The molecule has 1 heterocycles. The molecule has 0 radical (unpaired) electrons. The number of nitrogens with one attached hydrogen (secondary N) is 2. The molecule has 0 aliphatic carbocycles. The van der Waals surface area contributed by atoms with Gasteiger partial charge in [0.25, 0.3) is 5.91 Å². The Kier molecular flexibility index (Phi) is 7.88. The van der Waals surface area contributed by atoms with Crippen LogP contribution in [0.15, 0.2) is 30.5 Å². The first-order chi connectivity index (χ1) is 13.5. The van der Waals surface area contributed by atoms with E-state index in [0.29, 0.717) is 29.5 Å². The van der Waals surface area contributed by atoms with Gasteiger partial charge in [0.05, 0.1) is 33.2 Å². The number of benzene rings is 1. The van der Waals surface area contributed by atoms with Crippen LogP contribution in [0, 0.1) is 0 Å². The smallest absolute Gasteiger partial charge is 0.269 e. The van der Waals surface area contributed by atoms with Crippen LogP contribution in [0.1, 0.15) is 16.9 Å². The average Bonchev–Trinajstić information content (AvgIpc) is 2.70. The third kappa shape index (κ3) is 5.75. The number of anilines is 2. The lowest BCUT2D eigenvalue weighted by molar-refractivity contribution is 0.0947. The second kappa shape index (κ2) is 10.4. The van der Waals surface area contributed by atoms with Crippen LogP contribution >= 0.6 is 0 Å². The molecular formula is C20H28N4O4. The molecule has 0 atom stereocenters. The van der Waals surface area contributed by atoms with Gasteiger partial charge in [-0.1, -0.05) is 0 Å². The molecule has 28 heavy (non-hydrogen) atoms. The van der Waals surface area contributed by atoms with Crippen LogP contribution in [0.5, 0.6) is 17.2 Å². The molecule has 0 saturated carbocycles. The fraction of sp³-hybridized carbons (Fsp3) is 0.400. The lowest BCUT2D eigenvalue weighted by Crippen LogP contribution is -2.27. The van der Waals surface area contributed by atoms with Crippen LogP contribution in [-0.4, -0.2) is 64.3 Å². The first-order valence-corrected chi connectivity index (χ1v) is 8.94. The van der Waals surface area contributed by atoms with E-state index >= 15 is 0 Å². The summed E-state index contributed by atoms with van der Waals surface area (Å²) in [4.78, 5) is 18.5. The van der Waals surface area contributed by atoms with Gasteiger partial charge in [0.15, 0.2) is 11.5 Å². The number of nitrogens with zero attached hydrogens (tertiary/aromatic N) is 2. The Morgan fingerprint density at radius 2 is 1.71 bits per heavy atom. The number of hydrogen-bond acceptors (Lipinski definition) is 7. The molecule has 2 N–H and O–H groups in total. The highest BCUT2D eigenvalue weighted by molar-refractivity contribution is 5.92. The first-order valence-electron chi connectivity index (χ1n) is 8.94. The van der Waals surface area contributed by atoms with Gasteiger partial charge in [-0.05, 0) is 39.2 Å². The van der Waals surface area contributed by atoms with E-state index in [2.05, 4.69) is 20.5 Å². The summed E-state index contributed by atoms with van der Waals surface area (Å²) in [5, 5.41) is 6.09. The van der Waals surface area contributed by atoms with Gasteiger partial charge in [-0.25, -0.2) is 4.98 Å². The summed E-state index contributed by atoms with van der Waals surface area (Å²) in [5.74, 6) is 1.44. The van der Waals surface area contributed by atoms with Gasteiger partial charge in [0.1, 0.15) is 5.69 Å². The van der Waals surface area contributed by atoms with Crippen LogP contribution in [0.4, 0.5) is 11.4 Å². The van der Waals surface area contributed by atoms with Gasteiger partial charge in [-0.15, -0.1) is 0 Å². The number of hydrogen-bond donors (Lipinski definition) is 2. The molecule has 1 amide bonds. The molecule has 0 aliphatic rings. The summed E-state index contributed by atoms with van der Waals surface area (Å²) in [5.41, 5.74) is 1.86. The van der Waals surface area contributed by atoms with Gasteiger partial charge < -0.3 is 29.7 Å². The standard InChI is InChI=1S/C20H28N4O4/c1-24(2)10-6-9-21-20(25)16-8-7-14(13-22-16)23-15-11-17(26-3)19(28-5)18(12-15)27-4/h7-8,11-13,23H,6,9-10H2,1-5H3,(H,21,25). The van der Waals surface area contributed by atoms with Crippen LogP contribution in [0.25, 0.3) is 0 Å². The SMILES string of the molecule is COc1cc(Nc2ccc(C(=O)NCCCN(C)C)nc2)cc(OC)c1OC. The number of ether oxygens (including phenoxy) is 3. The van der Waals surface area contributed by atoms with Crippen molar-refractivity contribution in [2.45, 2.75) is 6.42 Å². The molecule has 2 rings (SSSR count). The van der Waals surface area contributed by atoms with Gasteiger partial charge in [-0.2, -0.15) is 0 Å². The summed E-state index contributed by atoms with van der Waals surface area (Å²) in [7, 11) is 8.69. The number of carbonyl (C=O) groups excluding carboxylic acids is 1. The monoisotopic (exact) mass is 388 g/mol. The summed E-state index contributed by atoms with van der Waals surface area (Å²) in [6.45, 7) is 1.54. The van der Waals surface area contributed by atoms with E-state index < -0.39 is 0 Å². The lowest BCUT2D eigenvalue weighted by atomic mass is 10.2. The minimum Gasteiger partial charge on any atom is -0.493 e. The fourth-order valence-corrected chi connectivity index (χ4v) is 2.61. The molecule has 0 aliphatic heterocycles. The summed E-state index contributed by atoms with van der Waals surface area (Å²) >= 11 is 0. The molecule has 0 fully saturated rings. The van der Waals surface area contributed by atoms with Crippen molar-refractivity contribution in [3.05, 3.63) is 36.2 Å². The van der Waals surface area contributed by atoms with Gasteiger partial charge >= 0.3 is 0 Å². The predicted octanol–water partition coefficient (Wildman–Crippen LogP) is 2.53. The number of methoxy groups -OCH3 is 3. The lowest BCUT2D eigenvalue weighted by Gasteiger charge is -2.15. The van der Waals surface area contributed by atoms with E-state index in [0.717, 1.165) is 24.3 Å². The van der Waals surface area contributed by atoms with Crippen molar-refractivity contribution in [2.75, 3.05) is 53.8 Å². The largest absolute Gasteiger partial charge is 0.493 e. The minimum absolute atomic E-state index is 0.182. The van der Waals surface area contributed by atoms with E-state index in [4.69, 9.17) is 14.2 Å². The normalized spacial score (nSPS) is 10.5. The van der Waals surface area contributed by atoms with Crippen molar-refractivity contribution in [3.63, 3.8) is 0 Å². The highest BCUT2D eigenvalue weighted by atomic mass is 16.5. The Morgan fingerprint density at radius 1 is 1.04 bits per heavy atom. The number of aromatic nitrogens is 1. The van der Waals surface area contributed by atoms with E-state index in [1.807, 2.05) is 14.1 Å². The maximum atomic E-state index is 12.1. The zero-order chi connectivity index (χ0) is 20.5. The molecule has 1 aromatic heterocycles. The molecule has 0 unspecified atom stereocenters. The maximum Gasteiger partial charge on any atom is 0.269 e. The Morgan fingerprint density at radius 3 is 2.21 bits per heavy atom. The predicted molar refractivity (Wildman–Crippen MR) is 109 cm³/mol. The number of carbonyl (C=O) groups is 1. The molecule has 1 aromatic carbocycles. The van der Waals surface area contributed by atoms with Crippen molar-refractivity contribution >= 4 is 17.3 Å². The minimum atomic E-state index is -0.182. The van der Waals surface area contributed by atoms with E-state index in [1.165, 1.54) is 0 Å². The highest BCUT2D eigenvalue weighted by Gasteiger charge is 2.13. The molecule has 152 valence electrons. The topological polar surface area (TPSA) is 85.0 Å². The summed E-state index contributed by atoms with van der Waals surface area (Å²) < 4.78 is 16.0. The first kappa shape index (κ1) is 21.3. The van der Waals surface area contributed by atoms with Crippen molar-refractivity contribution in [1.82, 2.24) is 15.2 Å². The second-order valence-corrected chi connectivity index (χ2v) is 6.38. The van der Waals surface area contributed by atoms with Crippen LogP contribution < -0.4 is 24.8 Å². The van der Waals surface area contributed by atoms with Crippen LogP contribution in [0.3, 0.4) is 0 Å². The van der Waals surface area contributed by atoms with Crippen LogP contribution in [-0.2, 0) is 0 Å². The summed E-state index contributed by atoms with van der Waals surface area (Å²) in [6.07, 6.45) is 2.50. The van der Waals surface area contributed by atoms with Crippen molar-refractivity contribution in [2.24, 2.45) is 0 Å². The molecule has 8 nitrogen and oxygen atoms in total. The molecule has 8 heteroatoms. The molecular weight excluding hydrogens is 360 g/mol. The van der Waals surface area contributed by atoms with Crippen LogP contribution in [0.2, 0.25) is 0 Å². The van der Waals surface area contributed by atoms with Gasteiger partial charge in [0, 0.05) is 24.4 Å². The van der Waals surface area contributed by atoms with Gasteiger partial charge in [-0.3, -0.25) is 4.79 Å². The molecule has 0 bridgehead atoms. The zero-order valence-corrected chi connectivity index (χ0v) is 17.0. The fourth-order valence-electron chi connectivity index (χ4n) is 2.61. The van der Waals surface area contributed by atoms with Gasteiger partial charge in [0.2, 0.25) is 5.75 Å². The molecule has 2 aromatic rings. The quantitative estimate of drug-likeness (QED) is 0.605. The maximum absolute atomic E-state index is 12.1. The van der Waals surface area contributed by atoms with E-state index in [-0.39, 0.29) is 5.91 Å². The third-order valence-electron chi connectivity index (χ3n) is 4.02.